The van der Waals surface area contributed by atoms with Crippen LogP contribution in [0.4, 0.5) is 0 Å². The summed E-state index contributed by atoms with van der Waals surface area (Å²) >= 11 is 0. The van der Waals surface area contributed by atoms with E-state index >= 15 is 0 Å². The first-order chi connectivity index (χ1) is 10.3. The average molecular weight is 291 g/mol. The van der Waals surface area contributed by atoms with Crippen molar-refractivity contribution >= 4 is 0 Å². The van der Waals surface area contributed by atoms with Gasteiger partial charge in [0, 0.05) is 24.6 Å². The summed E-state index contributed by atoms with van der Waals surface area (Å²) in [5.74, 6) is 1.63. The number of phenolic OH excluding ortho intramolecular Hbond substituents is 1. The highest BCUT2D eigenvalue weighted by Gasteiger charge is 2.38. The Morgan fingerprint density at radius 1 is 1.24 bits per heavy atom. The zero-order valence-electron chi connectivity index (χ0n) is 12.8. The minimum absolute atomic E-state index is 0.0996. The van der Waals surface area contributed by atoms with Crippen LogP contribution >= 0.6 is 0 Å². The molecule has 4 heteroatoms. The molecule has 21 heavy (non-hydrogen) atoms. The summed E-state index contributed by atoms with van der Waals surface area (Å²) in [6.07, 6.45) is 4.90. The molecule has 0 aromatic heterocycles. The van der Waals surface area contributed by atoms with Gasteiger partial charge in [0.2, 0.25) is 0 Å². The molecule has 0 saturated carbocycles. The molecular weight excluding hydrogens is 266 g/mol. The topological polar surface area (TPSA) is 41.9 Å². The van der Waals surface area contributed by atoms with Crippen LogP contribution < -0.4 is 4.74 Å². The third-order valence-electron chi connectivity index (χ3n) is 4.51. The lowest BCUT2D eigenvalue weighted by Gasteiger charge is -2.34. The van der Waals surface area contributed by atoms with Crippen LogP contribution in [-0.2, 0) is 4.74 Å². The molecule has 0 bridgehead atoms. The number of morpholine rings is 1. The number of rotatable bonds is 5. The molecule has 0 unspecified atom stereocenters. The molecule has 1 N–H and O–H groups in total. The van der Waals surface area contributed by atoms with Gasteiger partial charge in [-0.05, 0) is 24.6 Å². The van der Waals surface area contributed by atoms with E-state index in [4.69, 9.17) is 9.47 Å². The predicted octanol–water partition coefficient (Wildman–Crippen LogP) is 3.11. The summed E-state index contributed by atoms with van der Waals surface area (Å²) in [5, 5.41) is 9.79. The van der Waals surface area contributed by atoms with Crippen molar-refractivity contribution in [3.63, 3.8) is 0 Å². The molecule has 3 rings (SSSR count). The summed E-state index contributed by atoms with van der Waals surface area (Å²) in [6, 6.07) is 5.49. The van der Waals surface area contributed by atoms with Gasteiger partial charge in [-0.1, -0.05) is 26.2 Å². The number of ether oxygens (including phenoxy) is 2. The fourth-order valence-electron chi connectivity index (χ4n) is 3.37. The molecule has 4 nitrogen and oxygen atoms in total. The molecule has 0 amide bonds. The van der Waals surface area contributed by atoms with E-state index in [1.807, 2.05) is 12.1 Å². The van der Waals surface area contributed by atoms with Crippen LogP contribution in [0.3, 0.4) is 0 Å². The zero-order chi connectivity index (χ0) is 14.7. The lowest BCUT2D eigenvalue weighted by molar-refractivity contribution is -0.0475. The maximum absolute atomic E-state index is 9.79. The van der Waals surface area contributed by atoms with Crippen LogP contribution in [0.25, 0.3) is 0 Å². The average Bonchev–Trinajstić information content (AvgIpc) is 2.87. The van der Waals surface area contributed by atoms with Crippen molar-refractivity contribution in [2.24, 2.45) is 0 Å². The molecule has 0 radical (unpaired) electrons. The van der Waals surface area contributed by atoms with Crippen LogP contribution in [-0.4, -0.2) is 42.5 Å². The second-order valence-corrected chi connectivity index (χ2v) is 5.98. The fraction of sp³-hybridized carbons (Fsp3) is 0.647. The van der Waals surface area contributed by atoms with E-state index in [0.717, 1.165) is 38.5 Å². The number of fused-ring (bicyclic) bond motifs is 1. The van der Waals surface area contributed by atoms with E-state index in [1.54, 1.807) is 6.07 Å². The number of phenols is 1. The smallest absolute Gasteiger partial charge is 0.159 e. The molecule has 1 aromatic rings. The van der Waals surface area contributed by atoms with Crippen LogP contribution in [0, 0.1) is 0 Å². The van der Waals surface area contributed by atoms with E-state index in [2.05, 4.69) is 11.8 Å². The molecule has 0 spiro atoms. The summed E-state index contributed by atoms with van der Waals surface area (Å²) < 4.78 is 11.7. The van der Waals surface area contributed by atoms with Crippen molar-refractivity contribution in [1.82, 2.24) is 4.90 Å². The van der Waals surface area contributed by atoms with Gasteiger partial charge in [-0.2, -0.15) is 0 Å². The number of nitrogens with zero attached hydrogens (tertiary/aromatic N) is 1. The Balaban J connectivity index is 1.79. The van der Waals surface area contributed by atoms with Gasteiger partial charge in [-0.25, -0.2) is 0 Å². The van der Waals surface area contributed by atoms with Crippen molar-refractivity contribution in [2.45, 2.75) is 44.8 Å². The minimum Gasteiger partial charge on any atom is -0.508 e. The van der Waals surface area contributed by atoms with Gasteiger partial charge in [0.1, 0.15) is 11.5 Å². The Morgan fingerprint density at radius 3 is 2.81 bits per heavy atom. The first-order valence-electron chi connectivity index (χ1n) is 8.11. The SMILES string of the molecule is CCCCC[C@H]1c2cc(O)ccc2O[C@@H]1N1CCOCC1. The Morgan fingerprint density at radius 2 is 2.05 bits per heavy atom. The fourth-order valence-corrected chi connectivity index (χ4v) is 3.37. The van der Waals surface area contributed by atoms with Gasteiger partial charge in [0.15, 0.2) is 6.23 Å². The van der Waals surface area contributed by atoms with Gasteiger partial charge in [-0.3, -0.25) is 4.90 Å². The largest absolute Gasteiger partial charge is 0.508 e. The molecule has 2 heterocycles. The van der Waals surface area contributed by atoms with Crippen LogP contribution in [0.5, 0.6) is 11.5 Å². The van der Waals surface area contributed by atoms with E-state index in [0.29, 0.717) is 11.7 Å². The first kappa shape index (κ1) is 14.7. The normalized spacial score (nSPS) is 25.6. The molecule has 1 aromatic carbocycles. The van der Waals surface area contributed by atoms with E-state index in [-0.39, 0.29) is 6.23 Å². The Hall–Kier alpha value is -1.26. The molecule has 2 atom stereocenters. The summed E-state index contributed by atoms with van der Waals surface area (Å²) in [5.41, 5.74) is 1.17. The number of hydrogen-bond donors (Lipinski definition) is 1. The molecule has 116 valence electrons. The van der Waals surface area contributed by atoms with Crippen molar-refractivity contribution in [2.75, 3.05) is 26.3 Å². The lowest BCUT2D eigenvalue weighted by Crippen LogP contribution is -2.47. The molecule has 2 aliphatic heterocycles. The highest BCUT2D eigenvalue weighted by atomic mass is 16.5. The van der Waals surface area contributed by atoms with E-state index in [1.165, 1.54) is 24.8 Å². The molecule has 0 aliphatic carbocycles. The maximum atomic E-state index is 9.79. The van der Waals surface area contributed by atoms with Gasteiger partial charge in [0.05, 0.1) is 13.2 Å². The monoisotopic (exact) mass is 291 g/mol. The molecule has 1 saturated heterocycles. The Bertz CT molecular complexity index is 471. The maximum Gasteiger partial charge on any atom is 0.159 e. The van der Waals surface area contributed by atoms with Gasteiger partial charge >= 0.3 is 0 Å². The van der Waals surface area contributed by atoms with E-state index in [9.17, 15) is 5.11 Å². The number of unbranched alkanes of at least 4 members (excludes halogenated alkanes) is 2. The second kappa shape index (κ2) is 6.67. The highest BCUT2D eigenvalue weighted by Crippen LogP contribution is 2.43. The zero-order valence-corrected chi connectivity index (χ0v) is 12.8. The lowest BCUT2D eigenvalue weighted by atomic mass is 9.92. The van der Waals surface area contributed by atoms with Crippen LogP contribution in [0.2, 0.25) is 0 Å². The van der Waals surface area contributed by atoms with Gasteiger partial charge in [0.25, 0.3) is 0 Å². The number of aromatic hydroxyl groups is 1. The van der Waals surface area contributed by atoms with Crippen molar-refractivity contribution in [3.8, 4) is 11.5 Å². The molecule has 1 fully saturated rings. The van der Waals surface area contributed by atoms with E-state index < -0.39 is 0 Å². The summed E-state index contributed by atoms with van der Waals surface area (Å²) in [7, 11) is 0. The van der Waals surface area contributed by atoms with Crippen molar-refractivity contribution in [1.29, 1.82) is 0 Å². The summed E-state index contributed by atoms with van der Waals surface area (Å²) in [6.45, 7) is 5.64. The van der Waals surface area contributed by atoms with Crippen LogP contribution in [0.1, 0.15) is 44.1 Å². The summed E-state index contributed by atoms with van der Waals surface area (Å²) in [4.78, 5) is 2.39. The van der Waals surface area contributed by atoms with Crippen molar-refractivity contribution < 1.29 is 14.6 Å². The Labute approximate surface area is 126 Å². The third kappa shape index (κ3) is 3.16. The molecule has 2 aliphatic rings. The minimum atomic E-state index is 0.0996. The Kier molecular flexibility index (Phi) is 4.66. The number of benzene rings is 1. The first-order valence-corrected chi connectivity index (χ1v) is 8.11. The number of hydrogen-bond acceptors (Lipinski definition) is 4. The predicted molar refractivity (Wildman–Crippen MR) is 81.8 cm³/mol. The third-order valence-corrected chi connectivity index (χ3v) is 4.51. The molecular formula is C17H25NO3. The second-order valence-electron chi connectivity index (χ2n) is 5.98. The standard InChI is InChI=1S/C17H25NO3/c1-2-3-4-5-14-15-12-13(19)6-7-16(15)21-17(14)18-8-10-20-11-9-18/h6-7,12,14,17,19H,2-5,8-11H2,1H3/t14-,17-/m0/s1. The van der Waals surface area contributed by atoms with Gasteiger partial charge < -0.3 is 14.6 Å². The van der Waals surface area contributed by atoms with Crippen LogP contribution in [0.15, 0.2) is 18.2 Å². The highest BCUT2D eigenvalue weighted by molar-refractivity contribution is 5.45. The van der Waals surface area contributed by atoms with Crippen molar-refractivity contribution in [3.05, 3.63) is 23.8 Å². The van der Waals surface area contributed by atoms with Gasteiger partial charge in [-0.15, -0.1) is 0 Å². The quantitative estimate of drug-likeness (QED) is 0.846.